The van der Waals surface area contributed by atoms with Crippen LogP contribution in [0, 0.1) is 0 Å². The van der Waals surface area contributed by atoms with E-state index in [-0.39, 0.29) is 24.1 Å². The van der Waals surface area contributed by atoms with Crippen LogP contribution in [0.2, 0.25) is 0 Å². The number of anilines is 2. The molecule has 1 heterocycles. The van der Waals surface area contributed by atoms with Gasteiger partial charge in [0.1, 0.15) is 0 Å². The molecule has 0 spiro atoms. The lowest BCUT2D eigenvalue weighted by molar-refractivity contribution is -0.115. The Labute approximate surface area is 111 Å². The van der Waals surface area contributed by atoms with Gasteiger partial charge in [-0.15, -0.1) is 0 Å². The molecule has 1 amide bonds. The summed E-state index contributed by atoms with van der Waals surface area (Å²) < 4.78 is 0. The smallest absolute Gasteiger partial charge is 0.335 e. The number of nitrogens with two attached hydrogens (primary N) is 1. The first-order valence-corrected chi connectivity index (χ1v) is 6.15. The molecule has 0 fully saturated rings. The summed E-state index contributed by atoms with van der Waals surface area (Å²) in [4.78, 5) is 24.5. The van der Waals surface area contributed by atoms with Gasteiger partial charge in [-0.25, -0.2) is 4.79 Å². The molecule has 2 rings (SSSR count). The zero-order valence-corrected chi connectivity index (χ0v) is 10.7. The van der Waals surface area contributed by atoms with Crippen LogP contribution in [0.1, 0.15) is 23.7 Å². The van der Waals surface area contributed by atoms with Gasteiger partial charge in [0.15, 0.2) is 0 Å². The fraction of sp³-hybridized carbons (Fsp3) is 0.385. The normalized spacial score (nSPS) is 15.7. The van der Waals surface area contributed by atoms with E-state index in [4.69, 9.17) is 10.8 Å². The van der Waals surface area contributed by atoms with Crippen LogP contribution in [0.25, 0.3) is 0 Å². The Kier molecular flexibility index (Phi) is 3.71. The number of amides is 1. The third kappa shape index (κ3) is 3.03. The minimum Gasteiger partial charge on any atom is -0.478 e. The zero-order valence-electron chi connectivity index (χ0n) is 10.7. The topological polar surface area (TPSA) is 95.7 Å². The van der Waals surface area contributed by atoms with Crippen LogP contribution in [0.15, 0.2) is 18.2 Å². The number of fused-ring (bicyclic) bond motifs is 1. The molecule has 0 aromatic heterocycles. The quantitative estimate of drug-likeness (QED) is 0.749. The molecule has 6 heteroatoms. The third-order valence-corrected chi connectivity index (χ3v) is 3.05. The Morgan fingerprint density at radius 2 is 2.32 bits per heavy atom. The highest BCUT2D eigenvalue weighted by Gasteiger charge is 2.23. The van der Waals surface area contributed by atoms with E-state index < -0.39 is 5.97 Å². The predicted octanol–water partition coefficient (Wildman–Crippen LogP) is 0.881. The van der Waals surface area contributed by atoms with Gasteiger partial charge in [0.2, 0.25) is 5.91 Å². The van der Waals surface area contributed by atoms with Gasteiger partial charge >= 0.3 is 5.97 Å². The Morgan fingerprint density at radius 3 is 2.95 bits per heavy atom. The van der Waals surface area contributed by atoms with Gasteiger partial charge in [0.05, 0.1) is 23.5 Å². The van der Waals surface area contributed by atoms with Gasteiger partial charge in [0.25, 0.3) is 0 Å². The van der Waals surface area contributed by atoms with Crippen molar-refractivity contribution in [1.29, 1.82) is 0 Å². The van der Waals surface area contributed by atoms with Crippen LogP contribution in [0.5, 0.6) is 0 Å². The maximum atomic E-state index is 11.6. The summed E-state index contributed by atoms with van der Waals surface area (Å²) in [5, 5.41) is 11.8. The molecular formula is C13H17N3O3. The summed E-state index contributed by atoms with van der Waals surface area (Å²) >= 11 is 0. The van der Waals surface area contributed by atoms with Crippen LogP contribution >= 0.6 is 0 Å². The molecule has 4 N–H and O–H groups in total. The second-order valence-electron chi connectivity index (χ2n) is 4.77. The minimum absolute atomic E-state index is 0.0381. The summed E-state index contributed by atoms with van der Waals surface area (Å²) in [6.07, 6.45) is 0.740. The fourth-order valence-electron chi connectivity index (χ4n) is 2.04. The molecule has 1 aliphatic rings. The maximum Gasteiger partial charge on any atom is 0.335 e. The average molecular weight is 263 g/mol. The molecule has 1 aromatic rings. The van der Waals surface area contributed by atoms with E-state index in [0.717, 1.165) is 12.1 Å². The number of carbonyl (C=O) groups excluding carboxylic acids is 1. The Morgan fingerprint density at radius 1 is 1.58 bits per heavy atom. The summed E-state index contributed by atoms with van der Waals surface area (Å²) in [7, 11) is 0. The number of carboxylic acid groups (broad SMARTS) is 1. The van der Waals surface area contributed by atoms with Crippen LogP contribution in [0.4, 0.5) is 11.4 Å². The highest BCUT2D eigenvalue weighted by atomic mass is 16.4. The first-order chi connectivity index (χ1) is 8.97. The van der Waals surface area contributed by atoms with Crippen molar-refractivity contribution >= 4 is 23.3 Å². The fourth-order valence-corrected chi connectivity index (χ4v) is 2.04. The van der Waals surface area contributed by atoms with Crippen LogP contribution in [-0.2, 0) is 4.79 Å². The Balaban J connectivity index is 2.30. The summed E-state index contributed by atoms with van der Waals surface area (Å²) in [5.74, 6) is -1.08. The minimum atomic E-state index is -0.980. The summed E-state index contributed by atoms with van der Waals surface area (Å²) in [6, 6.07) is 4.72. The Bertz CT molecular complexity index is 514. The molecule has 6 nitrogen and oxygen atoms in total. The molecule has 1 aliphatic heterocycles. The van der Waals surface area contributed by atoms with Crippen molar-refractivity contribution in [3.8, 4) is 0 Å². The number of rotatable bonds is 4. The van der Waals surface area contributed by atoms with Gasteiger partial charge < -0.3 is 21.1 Å². The van der Waals surface area contributed by atoms with Crippen molar-refractivity contribution in [2.75, 3.05) is 23.3 Å². The first-order valence-electron chi connectivity index (χ1n) is 6.15. The van der Waals surface area contributed by atoms with Crippen molar-refractivity contribution in [3.63, 3.8) is 0 Å². The van der Waals surface area contributed by atoms with Crippen LogP contribution < -0.4 is 16.0 Å². The van der Waals surface area contributed by atoms with E-state index in [0.29, 0.717) is 12.2 Å². The summed E-state index contributed by atoms with van der Waals surface area (Å²) in [5.41, 5.74) is 7.31. The molecule has 0 bridgehead atoms. The van der Waals surface area contributed by atoms with Gasteiger partial charge in [-0.1, -0.05) is 0 Å². The van der Waals surface area contributed by atoms with Crippen molar-refractivity contribution in [2.45, 2.75) is 19.4 Å². The van der Waals surface area contributed by atoms with Crippen molar-refractivity contribution in [3.05, 3.63) is 23.8 Å². The molecule has 0 saturated heterocycles. The highest BCUT2D eigenvalue weighted by Crippen LogP contribution is 2.30. The van der Waals surface area contributed by atoms with Gasteiger partial charge in [-0.2, -0.15) is 0 Å². The van der Waals surface area contributed by atoms with E-state index in [1.54, 1.807) is 12.1 Å². The van der Waals surface area contributed by atoms with E-state index >= 15 is 0 Å². The predicted molar refractivity (Wildman–Crippen MR) is 72.5 cm³/mol. The molecule has 0 radical (unpaired) electrons. The SMILES string of the molecule is CC(N)CCN1CC(=O)Nc2ccc(C(=O)O)cc21. The number of carbonyl (C=O) groups is 2. The Hall–Kier alpha value is -2.08. The van der Waals surface area contributed by atoms with Crippen LogP contribution in [0.3, 0.4) is 0 Å². The lowest BCUT2D eigenvalue weighted by Gasteiger charge is -2.31. The lowest BCUT2D eigenvalue weighted by Crippen LogP contribution is -2.40. The second-order valence-corrected chi connectivity index (χ2v) is 4.77. The number of hydrogen-bond acceptors (Lipinski definition) is 4. The molecule has 1 unspecified atom stereocenters. The maximum absolute atomic E-state index is 11.6. The molecule has 1 aromatic carbocycles. The van der Waals surface area contributed by atoms with Gasteiger partial charge in [-0.3, -0.25) is 4.79 Å². The average Bonchev–Trinajstić information content (AvgIpc) is 2.35. The van der Waals surface area contributed by atoms with E-state index in [9.17, 15) is 9.59 Å². The molecule has 1 atom stereocenters. The van der Waals surface area contributed by atoms with Crippen molar-refractivity contribution in [2.24, 2.45) is 5.73 Å². The molecule has 102 valence electrons. The molecule has 0 aliphatic carbocycles. The molecular weight excluding hydrogens is 246 g/mol. The number of nitrogens with zero attached hydrogens (tertiary/aromatic N) is 1. The van der Waals surface area contributed by atoms with Gasteiger partial charge in [0, 0.05) is 12.6 Å². The van der Waals surface area contributed by atoms with Gasteiger partial charge in [-0.05, 0) is 31.5 Å². The number of aromatic carboxylic acids is 1. The van der Waals surface area contributed by atoms with E-state index in [2.05, 4.69) is 5.32 Å². The standard InChI is InChI=1S/C13H17N3O3/c1-8(14)4-5-16-7-12(17)15-10-3-2-9(13(18)19)6-11(10)16/h2-3,6,8H,4-5,7,14H2,1H3,(H,15,17)(H,18,19). The lowest BCUT2D eigenvalue weighted by atomic mass is 10.1. The largest absolute Gasteiger partial charge is 0.478 e. The van der Waals surface area contributed by atoms with Crippen molar-refractivity contribution < 1.29 is 14.7 Å². The second kappa shape index (κ2) is 5.27. The first kappa shape index (κ1) is 13.4. The van der Waals surface area contributed by atoms with Crippen LogP contribution in [-0.4, -0.2) is 36.1 Å². The molecule has 19 heavy (non-hydrogen) atoms. The molecule has 0 saturated carbocycles. The highest BCUT2D eigenvalue weighted by molar-refractivity contribution is 6.02. The van der Waals surface area contributed by atoms with Crippen molar-refractivity contribution in [1.82, 2.24) is 0 Å². The monoisotopic (exact) mass is 263 g/mol. The number of nitrogens with one attached hydrogen (secondary N) is 1. The number of hydrogen-bond donors (Lipinski definition) is 3. The summed E-state index contributed by atoms with van der Waals surface area (Å²) in [6.45, 7) is 2.75. The number of benzene rings is 1. The zero-order chi connectivity index (χ0) is 14.0. The third-order valence-electron chi connectivity index (χ3n) is 3.05. The van der Waals surface area contributed by atoms with E-state index in [1.165, 1.54) is 6.07 Å². The number of carboxylic acids is 1. The van der Waals surface area contributed by atoms with E-state index in [1.807, 2.05) is 11.8 Å².